The highest BCUT2D eigenvalue weighted by Crippen LogP contribution is 2.10. The highest BCUT2D eigenvalue weighted by atomic mass is 32.1. The maximum absolute atomic E-state index is 12.9. The van der Waals surface area contributed by atoms with E-state index in [1.165, 1.54) is 10.9 Å². The second-order valence-corrected chi connectivity index (χ2v) is 4.79. The molecule has 1 nitrogen and oxygen atoms in total. The molecule has 17 heavy (non-hydrogen) atoms. The van der Waals surface area contributed by atoms with E-state index in [9.17, 15) is 8.78 Å². The first-order valence-corrected chi connectivity index (χ1v) is 6.31. The van der Waals surface area contributed by atoms with Gasteiger partial charge in [0.2, 0.25) is 0 Å². The molecule has 0 saturated heterocycles. The van der Waals surface area contributed by atoms with Crippen LogP contribution in [-0.2, 0) is 13.0 Å². The van der Waals surface area contributed by atoms with Gasteiger partial charge in [-0.15, -0.1) is 11.3 Å². The molecule has 1 aromatic heterocycles. The molecular formula is C13H13F2NS. The van der Waals surface area contributed by atoms with Gasteiger partial charge in [0.05, 0.1) is 0 Å². The van der Waals surface area contributed by atoms with Gasteiger partial charge in [-0.1, -0.05) is 12.1 Å². The van der Waals surface area contributed by atoms with Crippen LogP contribution in [0.5, 0.6) is 0 Å². The second kappa shape index (κ2) is 5.89. The Morgan fingerprint density at radius 2 is 2.00 bits per heavy atom. The van der Waals surface area contributed by atoms with Gasteiger partial charge in [0.1, 0.15) is 0 Å². The minimum absolute atomic E-state index is 0.558. The zero-order valence-corrected chi connectivity index (χ0v) is 10.1. The third-order valence-electron chi connectivity index (χ3n) is 2.44. The zero-order valence-electron chi connectivity index (χ0n) is 9.25. The van der Waals surface area contributed by atoms with Gasteiger partial charge in [-0.2, -0.15) is 0 Å². The van der Waals surface area contributed by atoms with Gasteiger partial charge in [-0.25, -0.2) is 8.78 Å². The van der Waals surface area contributed by atoms with Gasteiger partial charge in [0.25, 0.3) is 0 Å². The molecule has 4 heteroatoms. The number of halogens is 2. The molecule has 0 unspecified atom stereocenters. The van der Waals surface area contributed by atoms with E-state index in [0.29, 0.717) is 6.54 Å². The summed E-state index contributed by atoms with van der Waals surface area (Å²) in [6.45, 7) is 1.39. The summed E-state index contributed by atoms with van der Waals surface area (Å²) < 4.78 is 25.6. The Morgan fingerprint density at radius 1 is 1.12 bits per heavy atom. The zero-order chi connectivity index (χ0) is 12.1. The van der Waals surface area contributed by atoms with Crippen LogP contribution in [0.25, 0.3) is 0 Å². The highest BCUT2D eigenvalue weighted by Gasteiger charge is 2.02. The van der Waals surface area contributed by atoms with E-state index in [-0.39, 0.29) is 0 Å². The van der Waals surface area contributed by atoms with Crippen LogP contribution in [0.3, 0.4) is 0 Å². The van der Waals surface area contributed by atoms with Crippen molar-refractivity contribution in [3.63, 3.8) is 0 Å². The first-order chi connectivity index (χ1) is 8.25. The molecule has 0 aliphatic rings. The maximum atomic E-state index is 12.9. The van der Waals surface area contributed by atoms with Crippen LogP contribution < -0.4 is 5.32 Å². The van der Waals surface area contributed by atoms with Gasteiger partial charge in [0, 0.05) is 18.0 Å². The summed E-state index contributed by atoms with van der Waals surface area (Å²) in [5.74, 6) is -1.59. The van der Waals surface area contributed by atoms with E-state index in [4.69, 9.17) is 0 Å². The number of rotatable bonds is 5. The predicted octanol–water partition coefficient (Wildman–Crippen LogP) is 3.36. The van der Waals surface area contributed by atoms with Crippen LogP contribution in [0.2, 0.25) is 0 Å². The Bertz CT molecular complexity index is 468. The molecule has 0 bridgehead atoms. The third-order valence-corrected chi connectivity index (χ3v) is 3.38. The van der Waals surface area contributed by atoms with Crippen molar-refractivity contribution in [1.29, 1.82) is 0 Å². The average Bonchev–Trinajstić information content (AvgIpc) is 2.82. The molecule has 0 radical (unpaired) electrons. The Labute approximate surface area is 103 Å². The molecule has 0 aliphatic heterocycles. The van der Waals surface area contributed by atoms with Gasteiger partial charge >= 0.3 is 0 Å². The van der Waals surface area contributed by atoms with Crippen LogP contribution in [-0.4, -0.2) is 6.54 Å². The molecule has 1 heterocycles. The van der Waals surface area contributed by atoms with Crippen molar-refractivity contribution in [2.45, 2.75) is 13.0 Å². The lowest BCUT2D eigenvalue weighted by atomic mass is 10.2. The van der Waals surface area contributed by atoms with Crippen molar-refractivity contribution >= 4 is 11.3 Å². The van der Waals surface area contributed by atoms with Gasteiger partial charge in [-0.05, 0) is 35.6 Å². The number of hydrogen-bond donors (Lipinski definition) is 1. The Hall–Kier alpha value is -1.26. The summed E-state index contributed by atoms with van der Waals surface area (Å²) in [4.78, 5) is 1.32. The molecule has 1 aromatic carbocycles. The van der Waals surface area contributed by atoms with Gasteiger partial charge in [-0.3, -0.25) is 0 Å². The molecule has 0 atom stereocenters. The van der Waals surface area contributed by atoms with E-state index in [1.54, 1.807) is 17.4 Å². The lowest BCUT2D eigenvalue weighted by molar-refractivity contribution is 0.506. The van der Waals surface area contributed by atoms with Crippen LogP contribution in [0.15, 0.2) is 35.7 Å². The van der Waals surface area contributed by atoms with Gasteiger partial charge in [0.15, 0.2) is 11.6 Å². The van der Waals surface area contributed by atoms with E-state index in [0.717, 1.165) is 24.6 Å². The summed E-state index contributed by atoms with van der Waals surface area (Å²) in [5.41, 5.74) is 0.759. The topological polar surface area (TPSA) is 12.0 Å². The summed E-state index contributed by atoms with van der Waals surface area (Å²) >= 11 is 1.72. The minimum Gasteiger partial charge on any atom is -0.312 e. The molecule has 0 aliphatic carbocycles. The first-order valence-electron chi connectivity index (χ1n) is 5.43. The van der Waals surface area contributed by atoms with Crippen molar-refractivity contribution in [3.05, 3.63) is 57.8 Å². The van der Waals surface area contributed by atoms with Crippen LogP contribution in [0.4, 0.5) is 8.78 Å². The van der Waals surface area contributed by atoms with Crippen LogP contribution in [0.1, 0.15) is 10.4 Å². The van der Waals surface area contributed by atoms with Crippen molar-refractivity contribution in [1.82, 2.24) is 5.32 Å². The average molecular weight is 253 g/mol. The fraction of sp³-hybridized carbons (Fsp3) is 0.231. The third kappa shape index (κ3) is 3.61. The molecule has 0 spiro atoms. The number of nitrogens with one attached hydrogen (secondary N) is 1. The van der Waals surface area contributed by atoms with Crippen LogP contribution >= 0.6 is 11.3 Å². The summed E-state index contributed by atoms with van der Waals surface area (Å²) in [6.07, 6.45) is 0.960. The summed E-state index contributed by atoms with van der Waals surface area (Å²) in [5, 5.41) is 5.25. The fourth-order valence-electron chi connectivity index (χ4n) is 1.55. The quantitative estimate of drug-likeness (QED) is 0.806. The number of benzene rings is 1. The minimum atomic E-state index is -0.799. The maximum Gasteiger partial charge on any atom is 0.159 e. The van der Waals surface area contributed by atoms with Crippen molar-refractivity contribution in [2.24, 2.45) is 0 Å². The van der Waals surface area contributed by atoms with E-state index >= 15 is 0 Å². The largest absolute Gasteiger partial charge is 0.312 e. The molecule has 1 N–H and O–H groups in total. The Morgan fingerprint density at radius 3 is 2.71 bits per heavy atom. The molecule has 2 aromatic rings. The molecular weight excluding hydrogens is 240 g/mol. The molecule has 90 valence electrons. The smallest absolute Gasteiger partial charge is 0.159 e. The number of thiophene rings is 1. The standard InChI is InChI=1S/C13H13F2NS/c14-12-4-3-10(8-13(12)15)9-16-6-5-11-2-1-7-17-11/h1-4,7-8,16H,5-6,9H2. The molecule has 0 saturated carbocycles. The van der Waals surface area contributed by atoms with Crippen molar-refractivity contribution < 1.29 is 8.78 Å². The monoisotopic (exact) mass is 253 g/mol. The SMILES string of the molecule is Fc1ccc(CNCCc2cccs2)cc1F. The predicted molar refractivity (Wildman–Crippen MR) is 66.1 cm³/mol. The molecule has 2 rings (SSSR count). The summed E-state index contributed by atoms with van der Waals surface area (Å²) in [6, 6.07) is 8.09. The normalized spacial score (nSPS) is 10.7. The van der Waals surface area contributed by atoms with E-state index < -0.39 is 11.6 Å². The first kappa shape index (κ1) is 12.2. The Kier molecular flexibility index (Phi) is 4.23. The fourth-order valence-corrected chi connectivity index (χ4v) is 2.26. The second-order valence-electron chi connectivity index (χ2n) is 3.75. The lowest BCUT2D eigenvalue weighted by Crippen LogP contribution is -2.16. The van der Waals surface area contributed by atoms with Crippen LogP contribution in [0, 0.1) is 11.6 Å². The van der Waals surface area contributed by atoms with Crippen molar-refractivity contribution in [2.75, 3.05) is 6.54 Å². The van der Waals surface area contributed by atoms with Crippen molar-refractivity contribution in [3.8, 4) is 0 Å². The summed E-state index contributed by atoms with van der Waals surface area (Å²) in [7, 11) is 0. The lowest BCUT2D eigenvalue weighted by Gasteiger charge is -2.04. The highest BCUT2D eigenvalue weighted by molar-refractivity contribution is 7.09. The molecule has 0 fully saturated rings. The van der Waals surface area contributed by atoms with E-state index in [2.05, 4.69) is 11.4 Å². The van der Waals surface area contributed by atoms with E-state index in [1.807, 2.05) is 11.4 Å². The Balaban J connectivity index is 1.76. The number of hydrogen-bond acceptors (Lipinski definition) is 2. The van der Waals surface area contributed by atoms with Gasteiger partial charge < -0.3 is 5.32 Å². The molecule has 0 amide bonds.